The molecule has 0 unspecified atom stereocenters. The lowest BCUT2D eigenvalue weighted by atomic mass is 9.56. The lowest BCUT2D eigenvalue weighted by molar-refractivity contribution is -0.157. The summed E-state index contributed by atoms with van der Waals surface area (Å²) in [5, 5.41) is 54.7. The van der Waals surface area contributed by atoms with Gasteiger partial charge in [0.1, 0.15) is 22.8 Å². The van der Waals surface area contributed by atoms with E-state index in [1.807, 2.05) is 0 Å². The van der Waals surface area contributed by atoms with E-state index in [0.717, 1.165) is 0 Å². The third kappa shape index (κ3) is 3.42. The molecule has 5 rings (SSSR count). The highest BCUT2D eigenvalue weighted by Crippen LogP contribution is 2.55. The van der Waals surface area contributed by atoms with Crippen LogP contribution in [0, 0.1) is 11.8 Å². The Hall–Kier alpha value is -4.25. The quantitative estimate of drug-likeness (QED) is 0.250. The molecule has 7 N–H and O–H groups in total. The molecule has 0 saturated heterocycles. The van der Waals surface area contributed by atoms with E-state index in [-0.39, 0.29) is 22.3 Å². The number of fused-ring (bicyclic) bond motifs is 3. The summed E-state index contributed by atoms with van der Waals surface area (Å²) in [6, 6.07) is 10.4. The van der Waals surface area contributed by atoms with Gasteiger partial charge in [0, 0.05) is 23.8 Å². The average Bonchev–Trinajstić information content (AvgIpc) is 2.86. The van der Waals surface area contributed by atoms with Gasteiger partial charge >= 0.3 is 0 Å². The summed E-state index contributed by atoms with van der Waals surface area (Å²) in [5.74, 6) is -9.05. The predicted octanol–water partition coefficient (Wildman–Crippen LogP) is 1.77. The number of halogens is 1. The molecule has 4 atom stereocenters. The van der Waals surface area contributed by atoms with Crippen LogP contribution in [0.3, 0.4) is 0 Å². The Balaban J connectivity index is 1.81. The van der Waals surface area contributed by atoms with E-state index >= 15 is 0 Å². The first-order valence-electron chi connectivity index (χ1n) is 11.4. The highest BCUT2D eigenvalue weighted by atomic mass is 35.5. The molecule has 0 bridgehead atoms. The van der Waals surface area contributed by atoms with E-state index in [4.69, 9.17) is 17.3 Å². The second-order valence-electron chi connectivity index (χ2n) is 9.35. The monoisotopic (exact) mass is 537 g/mol. The summed E-state index contributed by atoms with van der Waals surface area (Å²) in [5.41, 5.74) is 1.56. The standard InChI is InChI=1S/C27H20ClNO9/c28-25(36)11-4-1-3-10(7-11)8-13-12-5-2-6-15(30)17(12)22(33)20-18(13)21(32)14-9-16(31)19(26(29)37)23(34)27(14,38)24(20)35/h1-8,14,18,21,30,32-34,38H,9H2,(H2,29,37)/b13-8+/t14-,18-,21-,27-/m1/s1. The van der Waals surface area contributed by atoms with Gasteiger partial charge in [-0.3, -0.25) is 19.2 Å². The Morgan fingerprint density at radius 1 is 1.08 bits per heavy atom. The van der Waals surface area contributed by atoms with Crippen molar-refractivity contribution < 1.29 is 44.7 Å². The number of hydrogen-bond acceptors (Lipinski definition) is 9. The normalized spacial score (nSPS) is 27.7. The van der Waals surface area contributed by atoms with Crippen molar-refractivity contribution in [1.82, 2.24) is 0 Å². The maximum atomic E-state index is 13.8. The molecule has 1 saturated carbocycles. The molecule has 3 aliphatic carbocycles. The van der Waals surface area contributed by atoms with Gasteiger partial charge in [0.05, 0.1) is 17.2 Å². The molecular formula is C27H20ClNO9. The zero-order valence-electron chi connectivity index (χ0n) is 19.4. The fraction of sp³-hybridized carbons (Fsp3) is 0.185. The average molecular weight is 538 g/mol. The molecule has 11 heteroatoms. The van der Waals surface area contributed by atoms with E-state index in [1.165, 1.54) is 36.4 Å². The number of amides is 1. The number of Topliss-reactive ketones (excluding diaryl/α,β-unsaturated/α-hetero) is 2. The minimum Gasteiger partial charge on any atom is -0.508 e. The Kier molecular flexibility index (Phi) is 5.79. The van der Waals surface area contributed by atoms with Crippen molar-refractivity contribution in [3.05, 3.63) is 81.6 Å². The molecule has 194 valence electrons. The molecule has 1 fully saturated rings. The molecule has 10 nitrogen and oxygen atoms in total. The summed E-state index contributed by atoms with van der Waals surface area (Å²) in [6.45, 7) is 0. The number of primary amides is 1. The number of benzene rings is 2. The number of aromatic hydroxyl groups is 1. The lowest BCUT2D eigenvalue weighted by Gasteiger charge is -2.49. The first kappa shape index (κ1) is 25.4. The number of aliphatic hydroxyl groups excluding tert-OH is 3. The summed E-state index contributed by atoms with van der Waals surface area (Å²) in [6.07, 6.45) is -0.934. The number of phenolic OH excluding ortho intramolecular Hbond substituents is 1. The van der Waals surface area contributed by atoms with E-state index in [1.54, 1.807) is 12.1 Å². The van der Waals surface area contributed by atoms with Crippen molar-refractivity contribution in [2.75, 3.05) is 0 Å². The van der Waals surface area contributed by atoms with Gasteiger partial charge < -0.3 is 31.3 Å². The largest absolute Gasteiger partial charge is 0.508 e. The van der Waals surface area contributed by atoms with Crippen molar-refractivity contribution in [1.29, 1.82) is 0 Å². The minimum atomic E-state index is -2.95. The van der Waals surface area contributed by atoms with Crippen LogP contribution < -0.4 is 5.73 Å². The molecule has 0 aromatic heterocycles. The third-order valence-corrected chi connectivity index (χ3v) is 7.55. The predicted molar refractivity (Wildman–Crippen MR) is 134 cm³/mol. The molecule has 0 radical (unpaired) electrons. The Bertz CT molecular complexity index is 1570. The zero-order chi connectivity index (χ0) is 27.7. The molecule has 0 heterocycles. The van der Waals surface area contributed by atoms with E-state index in [2.05, 4.69) is 0 Å². The van der Waals surface area contributed by atoms with Gasteiger partial charge in [0.25, 0.3) is 11.1 Å². The van der Waals surface area contributed by atoms with Crippen molar-refractivity contribution in [3.8, 4) is 5.75 Å². The van der Waals surface area contributed by atoms with Crippen molar-refractivity contribution >= 4 is 51.7 Å². The van der Waals surface area contributed by atoms with Gasteiger partial charge in [-0.2, -0.15) is 0 Å². The second-order valence-corrected chi connectivity index (χ2v) is 9.69. The summed E-state index contributed by atoms with van der Waals surface area (Å²) in [4.78, 5) is 50.0. The number of phenols is 1. The van der Waals surface area contributed by atoms with Crippen LogP contribution in [-0.2, 0) is 14.4 Å². The van der Waals surface area contributed by atoms with Gasteiger partial charge in [0.2, 0.25) is 5.78 Å². The van der Waals surface area contributed by atoms with Crippen LogP contribution in [0.15, 0.2) is 59.4 Å². The topological polar surface area (TPSA) is 195 Å². The van der Waals surface area contributed by atoms with Crippen molar-refractivity contribution in [2.45, 2.75) is 18.1 Å². The number of carbonyl (C=O) groups is 4. The van der Waals surface area contributed by atoms with Gasteiger partial charge in [-0.25, -0.2) is 0 Å². The van der Waals surface area contributed by atoms with E-state index < -0.39 is 81.1 Å². The molecular weight excluding hydrogens is 518 g/mol. The first-order chi connectivity index (χ1) is 17.9. The number of nitrogens with two attached hydrogens (primary N) is 1. The molecule has 38 heavy (non-hydrogen) atoms. The van der Waals surface area contributed by atoms with Gasteiger partial charge in [0.15, 0.2) is 11.4 Å². The maximum absolute atomic E-state index is 13.8. The van der Waals surface area contributed by atoms with Gasteiger partial charge in [-0.1, -0.05) is 36.4 Å². The zero-order valence-corrected chi connectivity index (χ0v) is 20.1. The van der Waals surface area contributed by atoms with Gasteiger partial charge in [-0.05, 0) is 40.4 Å². The number of aliphatic hydroxyl groups is 4. The molecule has 0 spiro atoms. The first-order valence-corrected chi connectivity index (χ1v) is 11.8. The molecule has 1 amide bonds. The molecule has 0 aliphatic heterocycles. The van der Waals surface area contributed by atoms with Crippen LogP contribution in [0.2, 0.25) is 0 Å². The highest BCUT2D eigenvalue weighted by molar-refractivity contribution is 6.67. The fourth-order valence-corrected chi connectivity index (χ4v) is 5.74. The molecule has 2 aromatic rings. The maximum Gasteiger partial charge on any atom is 0.255 e. The fourth-order valence-electron chi connectivity index (χ4n) is 5.62. The molecule has 3 aliphatic rings. The van der Waals surface area contributed by atoms with Crippen LogP contribution in [0.4, 0.5) is 0 Å². The van der Waals surface area contributed by atoms with Crippen LogP contribution in [0.25, 0.3) is 17.4 Å². The number of carbonyl (C=O) groups excluding carboxylic acids is 4. The number of ketones is 2. The van der Waals surface area contributed by atoms with Crippen molar-refractivity contribution in [2.24, 2.45) is 17.6 Å². The Labute approximate surface area is 219 Å². The van der Waals surface area contributed by atoms with Crippen molar-refractivity contribution in [3.63, 3.8) is 0 Å². The third-order valence-electron chi connectivity index (χ3n) is 7.34. The Morgan fingerprint density at radius 2 is 1.76 bits per heavy atom. The van der Waals surface area contributed by atoms with E-state index in [9.17, 15) is 44.7 Å². The van der Waals surface area contributed by atoms with Crippen LogP contribution in [0.1, 0.15) is 33.5 Å². The lowest BCUT2D eigenvalue weighted by Crippen LogP contribution is -2.63. The van der Waals surface area contributed by atoms with Crippen LogP contribution >= 0.6 is 11.6 Å². The molecule has 2 aromatic carbocycles. The number of hydrogen-bond donors (Lipinski definition) is 6. The summed E-state index contributed by atoms with van der Waals surface area (Å²) >= 11 is 5.61. The second kappa shape index (κ2) is 8.66. The summed E-state index contributed by atoms with van der Waals surface area (Å²) in [7, 11) is 0. The summed E-state index contributed by atoms with van der Waals surface area (Å²) < 4.78 is 0. The number of rotatable bonds is 3. The Morgan fingerprint density at radius 3 is 2.42 bits per heavy atom. The van der Waals surface area contributed by atoms with E-state index in [0.29, 0.717) is 5.56 Å². The minimum absolute atomic E-state index is 0.160. The van der Waals surface area contributed by atoms with Crippen LogP contribution in [0.5, 0.6) is 5.75 Å². The highest BCUT2D eigenvalue weighted by Gasteiger charge is 2.64. The smallest absolute Gasteiger partial charge is 0.255 e. The van der Waals surface area contributed by atoms with Gasteiger partial charge in [-0.15, -0.1) is 0 Å². The SMILES string of the molecule is NC(=O)C1=C(O)[C@@]2(O)C(=O)C3=C(O)c4c(O)cccc4/C(=C\c4cccc(C(=O)Cl)c4)[C@H]3[C@H](O)[C@H]2CC1=O. The van der Waals surface area contributed by atoms with Crippen LogP contribution in [-0.4, -0.2) is 60.0 Å².